The summed E-state index contributed by atoms with van der Waals surface area (Å²) in [6.07, 6.45) is 4.52. The molecule has 7 heteroatoms. The van der Waals surface area contributed by atoms with E-state index in [-0.39, 0.29) is 0 Å². The molecule has 0 spiro atoms. The summed E-state index contributed by atoms with van der Waals surface area (Å²) in [5.74, 6) is -0.729. The van der Waals surface area contributed by atoms with Crippen LogP contribution in [-0.4, -0.2) is 26.0 Å². The highest BCUT2D eigenvalue weighted by atomic mass is 32.2. The van der Waals surface area contributed by atoms with Crippen molar-refractivity contribution in [2.45, 2.75) is 45.5 Å². The number of carboxylic acid groups (broad SMARTS) is 1. The van der Waals surface area contributed by atoms with Crippen molar-refractivity contribution in [3.63, 3.8) is 0 Å². The number of thiol groups is 1. The molecule has 88 valence electrons. The van der Waals surface area contributed by atoms with E-state index in [0.29, 0.717) is 21.5 Å². The van der Waals surface area contributed by atoms with Crippen molar-refractivity contribution in [1.82, 2.24) is 10.2 Å². The molecule has 1 aromatic heterocycles. The average Bonchev–Trinajstić information content (AvgIpc) is 2.65. The molecular formula is C9H12N2O2S3. The molecule has 0 saturated heterocycles. The summed E-state index contributed by atoms with van der Waals surface area (Å²) in [4.78, 5) is 11.4. The van der Waals surface area contributed by atoms with Gasteiger partial charge in [-0.05, 0) is 12.8 Å². The Morgan fingerprint density at radius 1 is 1.38 bits per heavy atom. The molecule has 0 unspecified atom stereocenters. The maximum atomic E-state index is 11.4. The van der Waals surface area contributed by atoms with Gasteiger partial charge >= 0.3 is 5.97 Å². The van der Waals surface area contributed by atoms with Crippen molar-refractivity contribution in [2.24, 2.45) is 0 Å². The lowest BCUT2D eigenvalue weighted by Crippen LogP contribution is -2.37. The highest BCUT2D eigenvalue weighted by molar-refractivity contribution is 8.03. The van der Waals surface area contributed by atoms with Gasteiger partial charge in [0.2, 0.25) is 0 Å². The molecule has 0 aromatic carbocycles. The third-order valence-corrected chi connectivity index (χ3v) is 5.34. The molecule has 1 aromatic rings. The second-order valence-electron chi connectivity index (χ2n) is 3.81. The van der Waals surface area contributed by atoms with Crippen LogP contribution in [0, 0.1) is 0 Å². The topological polar surface area (TPSA) is 63.1 Å². The lowest BCUT2D eigenvalue weighted by molar-refractivity contribution is -0.140. The number of thioether (sulfide) groups is 1. The Balaban J connectivity index is 2.16. The van der Waals surface area contributed by atoms with Crippen LogP contribution >= 0.6 is 35.7 Å². The molecule has 16 heavy (non-hydrogen) atoms. The van der Waals surface area contributed by atoms with Gasteiger partial charge in [0.15, 0.2) is 8.68 Å². The molecule has 1 heterocycles. The lowest BCUT2D eigenvalue weighted by Gasteiger charge is -2.31. The zero-order chi connectivity index (χ0) is 11.6. The van der Waals surface area contributed by atoms with E-state index in [4.69, 9.17) is 0 Å². The van der Waals surface area contributed by atoms with Crippen LogP contribution < -0.4 is 0 Å². The van der Waals surface area contributed by atoms with Crippen LogP contribution in [-0.2, 0) is 4.79 Å². The van der Waals surface area contributed by atoms with Crippen LogP contribution in [0.25, 0.3) is 0 Å². The molecular weight excluding hydrogens is 264 g/mol. The molecule has 2 rings (SSSR count). The number of nitrogens with zero attached hydrogens (tertiary/aromatic N) is 2. The summed E-state index contributed by atoms with van der Waals surface area (Å²) in [5.41, 5.74) is 0. The summed E-state index contributed by atoms with van der Waals surface area (Å²) < 4.78 is 0.589. The van der Waals surface area contributed by atoms with E-state index in [1.54, 1.807) is 0 Å². The van der Waals surface area contributed by atoms with Crippen molar-refractivity contribution in [3.8, 4) is 0 Å². The van der Waals surface area contributed by atoms with Crippen LogP contribution in [0.3, 0.4) is 0 Å². The molecule has 0 radical (unpaired) electrons. The van der Waals surface area contributed by atoms with Crippen molar-refractivity contribution in [3.05, 3.63) is 0 Å². The Kier molecular flexibility index (Phi) is 3.76. The van der Waals surface area contributed by atoms with Crippen molar-refractivity contribution in [1.29, 1.82) is 0 Å². The van der Waals surface area contributed by atoms with Gasteiger partial charge in [-0.25, -0.2) is 0 Å². The fourth-order valence-corrected chi connectivity index (χ4v) is 4.58. The van der Waals surface area contributed by atoms with Crippen molar-refractivity contribution in [2.75, 3.05) is 0 Å². The minimum atomic E-state index is -0.729. The van der Waals surface area contributed by atoms with Gasteiger partial charge in [0.05, 0.1) is 0 Å². The molecule has 0 bridgehead atoms. The van der Waals surface area contributed by atoms with Gasteiger partial charge in [-0.15, -0.1) is 22.8 Å². The molecule has 1 aliphatic rings. The van der Waals surface area contributed by atoms with E-state index in [1.807, 2.05) is 0 Å². The average molecular weight is 276 g/mol. The fraction of sp³-hybridized carbons (Fsp3) is 0.667. The minimum Gasteiger partial charge on any atom is -0.480 e. The third kappa shape index (κ3) is 2.52. The van der Waals surface area contributed by atoms with E-state index in [2.05, 4.69) is 22.8 Å². The first-order chi connectivity index (χ1) is 7.62. The SMILES string of the molecule is O=C(O)C1(Sc2nnc(S)s2)CCCCC1. The van der Waals surface area contributed by atoms with E-state index < -0.39 is 10.7 Å². The minimum absolute atomic E-state index is 0.582. The first-order valence-electron chi connectivity index (χ1n) is 5.07. The van der Waals surface area contributed by atoms with Gasteiger partial charge in [-0.3, -0.25) is 4.79 Å². The van der Waals surface area contributed by atoms with Gasteiger partial charge in [0.1, 0.15) is 4.75 Å². The van der Waals surface area contributed by atoms with E-state index in [0.717, 1.165) is 19.3 Å². The van der Waals surface area contributed by atoms with E-state index in [9.17, 15) is 9.90 Å². The normalized spacial score (nSPS) is 19.6. The summed E-state index contributed by atoms with van der Waals surface area (Å²) in [7, 11) is 0. The Labute approximate surface area is 107 Å². The maximum absolute atomic E-state index is 11.4. The number of hydrogen-bond donors (Lipinski definition) is 2. The zero-order valence-corrected chi connectivity index (χ0v) is 11.1. The highest BCUT2D eigenvalue weighted by Gasteiger charge is 2.41. The summed E-state index contributed by atoms with van der Waals surface area (Å²) >= 11 is 6.76. The number of aliphatic carboxylic acids is 1. The van der Waals surface area contributed by atoms with Gasteiger partial charge in [-0.1, -0.05) is 42.4 Å². The number of aromatic nitrogens is 2. The van der Waals surface area contributed by atoms with Crippen LogP contribution in [0.5, 0.6) is 0 Å². The predicted molar refractivity (Wildman–Crippen MR) is 66.5 cm³/mol. The second-order valence-corrected chi connectivity index (χ2v) is 7.15. The van der Waals surface area contributed by atoms with E-state index in [1.165, 1.54) is 23.1 Å². The monoisotopic (exact) mass is 276 g/mol. The number of rotatable bonds is 3. The zero-order valence-electron chi connectivity index (χ0n) is 8.55. The highest BCUT2D eigenvalue weighted by Crippen LogP contribution is 2.45. The van der Waals surface area contributed by atoms with Crippen molar-refractivity contribution < 1.29 is 9.90 Å². The standard InChI is InChI=1S/C9H12N2O2S3/c12-6(13)9(4-2-1-3-5-9)16-8-11-10-7(14)15-8/h1-5H2,(H,10,14)(H,12,13). The Morgan fingerprint density at radius 2 is 2.06 bits per heavy atom. The molecule has 1 aliphatic carbocycles. The van der Waals surface area contributed by atoms with Crippen LogP contribution in [0.2, 0.25) is 0 Å². The predicted octanol–water partition coefficient (Wildman–Crippen LogP) is 2.71. The molecule has 0 atom stereocenters. The largest absolute Gasteiger partial charge is 0.480 e. The Morgan fingerprint density at radius 3 is 2.56 bits per heavy atom. The summed E-state index contributed by atoms with van der Waals surface area (Å²) in [6.45, 7) is 0. The smallest absolute Gasteiger partial charge is 0.320 e. The number of hydrogen-bond acceptors (Lipinski definition) is 6. The molecule has 0 aliphatic heterocycles. The van der Waals surface area contributed by atoms with Gasteiger partial charge in [-0.2, -0.15) is 0 Å². The summed E-state index contributed by atoms with van der Waals surface area (Å²) in [5, 5.41) is 17.1. The van der Waals surface area contributed by atoms with Gasteiger partial charge in [0.25, 0.3) is 0 Å². The molecule has 1 fully saturated rings. The van der Waals surface area contributed by atoms with Crippen LogP contribution in [0.15, 0.2) is 8.68 Å². The number of carbonyl (C=O) groups is 1. The molecule has 4 nitrogen and oxygen atoms in total. The first-order valence-corrected chi connectivity index (χ1v) is 7.15. The van der Waals surface area contributed by atoms with Crippen LogP contribution in [0.4, 0.5) is 0 Å². The Hall–Kier alpha value is -0.270. The van der Waals surface area contributed by atoms with Crippen molar-refractivity contribution >= 4 is 41.7 Å². The lowest BCUT2D eigenvalue weighted by atomic mass is 9.88. The third-order valence-electron chi connectivity index (χ3n) is 2.73. The molecule has 0 amide bonds. The number of carboxylic acids is 1. The van der Waals surface area contributed by atoms with Gasteiger partial charge < -0.3 is 5.11 Å². The molecule has 1 N–H and O–H groups in total. The van der Waals surface area contributed by atoms with Gasteiger partial charge in [0, 0.05) is 0 Å². The summed E-state index contributed by atoms with van der Waals surface area (Å²) in [6, 6.07) is 0. The first kappa shape index (κ1) is 12.2. The van der Waals surface area contributed by atoms with Crippen LogP contribution in [0.1, 0.15) is 32.1 Å². The fourth-order valence-electron chi connectivity index (χ4n) is 1.89. The maximum Gasteiger partial charge on any atom is 0.320 e. The quantitative estimate of drug-likeness (QED) is 0.831. The van der Waals surface area contributed by atoms with E-state index >= 15 is 0 Å². The molecule has 1 saturated carbocycles. The second kappa shape index (κ2) is 4.93. The Bertz CT molecular complexity index is 388.